The van der Waals surface area contributed by atoms with E-state index in [4.69, 9.17) is 17.2 Å². The summed E-state index contributed by atoms with van der Waals surface area (Å²) in [6.07, 6.45) is 4.52. The number of ketones is 1. The topological polar surface area (TPSA) is 107 Å². The molecule has 0 aromatic rings. The van der Waals surface area contributed by atoms with E-state index in [0.29, 0.717) is 25.3 Å². The van der Waals surface area contributed by atoms with E-state index < -0.39 is 6.04 Å². The van der Waals surface area contributed by atoms with Crippen molar-refractivity contribution in [3.05, 3.63) is 12.7 Å². The molecule has 0 bridgehead atoms. The molecule has 98 valence electrons. The van der Waals surface area contributed by atoms with Crippen LogP contribution in [-0.2, 0) is 4.79 Å². The van der Waals surface area contributed by atoms with Crippen LogP contribution in [0, 0.1) is 5.92 Å². The molecular formula is C12H24N4O. The summed E-state index contributed by atoms with van der Waals surface area (Å²) in [7, 11) is 0. The van der Waals surface area contributed by atoms with Crippen LogP contribution in [0.1, 0.15) is 32.6 Å². The quantitative estimate of drug-likeness (QED) is 0.236. The van der Waals surface area contributed by atoms with Gasteiger partial charge in [0, 0.05) is 13.0 Å². The highest BCUT2D eigenvalue weighted by atomic mass is 16.1. The molecule has 0 aromatic carbocycles. The van der Waals surface area contributed by atoms with Gasteiger partial charge in [-0.2, -0.15) is 0 Å². The first kappa shape index (κ1) is 15.6. The Kier molecular flexibility index (Phi) is 8.05. The van der Waals surface area contributed by atoms with E-state index in [1.54, 1.807) is 0 Å². The number of carbonyl (C=O) groups is 1. The van der Waals surface area contributed by atoms with Crippen molar-refractivity contribution in [2.24, 2.45) is 28.1 Å². The van der Waals surface area contributed by atoms with Gasteiger partial charge in [0.05, 0.1) is 6.04 Å². The molecule has 2 atom stereocenters. The van der Waals surface area contributed by atoms with Gasteiger partial charge in [0.1, 0.15) is 5.78 Å². The molecule has 0 rings (SSSR count). The molecule has 0 fully saturated rings. The molecule has 0 aliphatic carbocycles. The maximum atomic E-state index is 11.7. The SMILES string of the molecule is C=CCC(C)CC(=O)C(N)CCCN=C(N)N. The lowest BCUT2D eigenvalue weighted by atomic mass is 9.96. The molecule has 6 N–H and O–H groups in total. The molecule has 0 amide bonds. The number of aliphatic imine (C=N–C) groups is 1. The predicted molar refractivity (Wildman–Crippen MR) is 71.5 cm³/mol. The molecule has 5 heteroatoms. The van der Waals surface area contributed by atoms with Gasteiger partial charge in [-0.3, -0.25) is 9.79 Å². The van der Waals surface area contributed by atoms with Gasteiger partial charge < -0.3 is 17.2 Å². The summed E-state index contributed by atoms with van der Waals surface area (Å²) in [4.78, 5) is 15.6. The third-order valence-corrected chi connectivity index (χ3v) is 2.50. The van der Waals surface area contributed by atoms with Crippen LogP contribution in [0.25, 0.3) is 0 Å². The van der Waals surface area contributed by atoms with Crippen LogP contribution in [0.15, 0.2) is 17.6 Å². The number of Topliss-reactive ketones (excluding diaryl/α,β-unsaturated/α-hetero) is 1. The van der Waals surface area contributed by atoms with Gasteiger partial charge in [-0.05, 0) is 25.2 Å². The maximum absolute atomic E-state index is 11.7. The van der Waals surface area contributed by atoms with Crippen molar-refractivity contribution in [1.82, 2.24) is 0 Å². The minimum absolute atomic E-state index is 0.0736. The number of hydrogen-bond donors (Lipinski definition) is 3. The standard InChI is InChI=1S/C12H24N4O/c1-3-5-9(2)8-11(17)10(13)6-4-7-16-12(14)15/h3,9-10H,1,4-8,13H2,2H3,(H4,14,15,16). The molecule has 0 saturated carbocycles. The number of hydrogen-bond acceptors (Lipinski definition) is 3. The number of guanidine groups is 1. The lowest BCUT2D eigenvalue weighted by Crippen LogP contribution is -2.31. The van der Waals surface area contributed by atoms with Crippen molar-refractivity contribution < 1.29 is 4.79 Å². The van der Waals surface area contributed by atoms with Gasteiger partial charge in [0.2, 0.25) is 0 Å². The summed E-state index contributed by atoms with van der Waals surface area (Å²) in [5.41, 5.74) is 16.2. The van der Waals surface area contributed by atoms with E-state index in [9.17, 15) is 4.79 Å². The molecule has 0 heterocycles. The van der Waals surface area contributed by atoms with Crippen molar-refractivity contribution in [1.29, 1.82) is 0 Å². The zero-order valence-corrected chi connectivity index (χ0v) is 10.6. The predicted octanol–water partition coefficient (Wildman–Crippen LogP) is 0.539. The zero-order chi connectivity index (χ0) is 13.3. The minimum atomic E-state index is -0.406. The van der Waals surface area contributed by atoms with Crippen LogP contribution >= 0.6 is 0 Å². The highest BCUT2D eigenvalue weighted by Crippen LogP contribution is 2.10. The average Bonchev–Trinajstić information content (AvgIpc) is 2.23. The normalized spacial score (nSPS) is 13.8. The van der Waals surface area contributed by atoms with Gasteiger partial charge in [0.25, 0.3) is 0 Å². The Morgan fingerprint density at radius 2 is 2.12 bits per heavy atom. The average molecular weight is 240 g/mol. The molecule has 0 aliphatic rings. The fourth-order valence-corrected chi connectivity index (χ4v) is 1.54. The van der Waals surface area contributed by atoms with E-state index >= 15 is 0 Å². The second-order valence-corrected chi connectivity index (χ2v) is 4.36. The van der Waals surface area contributed by atoms with Gasteiger partial charge >= 0.3 is 0 Å². The van der Waals surface area contributed by atoms with Crippen molar-refractivity contribution in [3.63, 3.8) is 0 Å². The number of allylic oxidation sites excluding steroid dienone is 1. The third kappa shape index (κ3) is 8.45. The molecule has 0 saturated heterocycles. The maximum Gasteiger partial charge on any atom is 0.185 e. The Morgan fingerprint density at radius 3 is 2.65 bits per heavy atom. The Hall–Kier alpha value is -1.36. The summed E-state index contributed by atoms with van der Waals surface area (Å²) in [6, 6.07) is -0.406. The molecule has 0 aromatic heterocycles. The fraction of sp³-hybridized carbons (Fsp3) is 0.667. The smallest absolute Gasteiger partial charge is 0.185 e. The molecule has 5 nitrogen and oxygen atoms in total. The van der Waals surface area contributed by atoms with Crippen LogP contribution in [0.4, 0.5) is 0 Å². The van der Waals surface area contributed by atoms with Crippen LogP contribution in [0.2, 0.25) is 0 Å². The van der Waals surface area contributed by atoms with Crippen molar-refractivity contribution in [2.45, 2.75) is 38.6 Å². The first-order chi connectivity index (χ1) is 7.97. The first-order valence-corrected chi connectivity index (χ1v) is 5.92. The van der Waals surface area contributed by atoms with Gasteiger partial charge in [0.15, 0.2) is 5.96 Å². The Bertz CT molecular complexity index is 272. The largest absolute Gasteiger partial charge is 0.370 e. The van der Waals surface area contributed by atoms with Gasteiger partial charge in [-0.15, -0.1) is 6.58 Å². The summed E-state index contributed by atoms with van der Waals surface area (Å²) >= 11 is 0. The molecule has 2 unspecified atom stereocenters. The van der Waals surface area contributed by atoms with Gasteiger partial charge in [-0.25, -0.2) is 0 Å². The summed E-state index contributed by atoms with van der Waals surface area (Å²) in [5, 5.41) is 0. The van der Waals surface area contributed by atoms with E-state index in [2.05, 4.69) is 11.6 Å². The van der Waals surface area contributed by atoms with E-state index in [-0.39, 0.29) is 11.7 Å². The van der Waals surface area contributed by atoms with Crippen molar-refractivity contribution in [3.8, 4) is 0 Å². The zero-order valence-electron chi connectivity index (χ0n) is 10.6. The monoisotopic (exact) mass is 240 g/mol. The van der Waals surface area contributed by atoms with Crippen LogP contribution in [0.3, 0.4) is 0 Å². The number of nitrogens with zero attached hydrogens (tertiary/aromatic N) is 1. The number of nitrogens with two attached hydrogens (primary N) is 3. The second-order valence-electron chi connectivity index (χ2n) is 4.36. The highest BCUT2D eigenvalue weighted by Gasteiger charge is 2.15. The van der Waals surface area contributed by atoms with Gasteiger partial charge in [-0.1, -0.05) is 13.0 Å². The molecule has 0 aliphatic heterocycles. The highest BCUT2D eigenvalue weighted by molar-refractivity contribution is 5.83. The second kappa shape index (κ2) is 8.75. The number of carbonyl (C=O) groups excluding carboxylic acids is 1. The Morgan fingerprint density at radius 1 is 1.47 bits per heavy atom. The van der Waals surface area contributed by atoms with Crippen LogP contribution in [-0.4, -0.2) is 24.3 Å². The van der Waals surface area contributed by atoms with Crippen molar-refractivity contribution >= 4 is 11.7 Å². The first-order valence-electron chi connectivity index (χ1n) is 5.92. The van der Waals surface area contributed by atoms with E-state index in [1.807, 2.05) is 13.0 Å². The van der Waals surface area contributed by atoms with Crippen LogP contribution < -0.4 is 17.2 Å². The molecular weight excluding hydrogens is 216 g/mol. The summed E-state index contributed by atoms with van der Waals surface area (Å²) < 4.78 is 0. The minimum Gasteiger partial charge on any atom is -0.370 e. The molecule has 0 radical (unpaired) electrons. The summed E-state index contributed by atoms with van der Waals surface area (Å²) in [6.45, 7) is 6.19. The lowest BCUT2D eigenvalue weighted by Gasteiger charge is -2.13. The summed E-state index contributed by atoms with van der Waals surface area (Å²) in [5.74, 6) is 0.484. The Balaban J connectivity index is 3.81. The number of rotatable bonds is 9. The Labute approximate surface area is 103 Å². The van der Waals surface area contributed by atoms with E-state index in [0.717, 1.165) is 12.8 Å². The molecule has 17 heavy (non-hydrogen) atoms. The lowest BCUT2D eigenvalue weighted by molar-refractivity contribution is -0.121. The third-order valence-electron chi connectivity index (χ3n) is 2.50. The van der Waals surface area contributed by atoms with E-state index in [1.165, 1.54) is 0 Å². The van der Waals surface area contributed by atoms with Crippen LogP contribution in [0.5, 0.6) is 0 Å². The van der Waals surface area contributed by atoms with Crippen molar-refractivity contribution in [2.75, 3.05) is 6.54 Å². The molecule has 0 spiro atoms. The fourth-order valence-electron chi connectivity index (χ4n) is 1.54.